The lowest BCUT2D eigenvalue weighted by Crippen LogP contribution is -2.36. The molecule has 0 spiro atoms. The van der Waals surface area contributed by atoms with Crippen LogP contribution in [-0.4, -0.2) is 27.0 Å². The maximum Gasteiger partial charge on any atom is 0.260 e. The summed E-state index contributed by atoms with van der Waals surface area (Å²) in [7, 11) is -4.38. The number of hydrogen-bond donors (Lipinski definition) is 2. The molecule has 0 saturated heterocycles. The van der Waals surface area contributed by atoms with Crippen LogP contribution in [0, 0.1) is 11.6 Å². The van der Waals surface area contributed by atoms with Gasteiger partial charge >= 0.3 is 0 Å². The molecule has 1 aromatic rings. The maximum absolute atomic E-state index is 13.7. The Bertz CT molecular complexity index is 634. The summed E-state index contributed by atoms with van der Waals surface area (Å²) >= 11 is 0. The van der Waals surface area contributed by atoms with E-state index in [1.807, 2.05) is 6.92 Å². The van der Waals surface area contributed by atoms with Gasteiger partial charge in [0.2, 0.25) is 15.8 Å². The Morgan fingerprint density at radius 1 is 1.38 bits per heavy atom. The van der Waals surface area contributed by atoms with Gasteiger partial charge in [-0.3, -0.25) is 4.79 Å². The first-order valence-corrected chi connectivity index (χ1v) is 7.68. The zero-order valence-electron chi connectivity index (χ0n) is 11.5. The lowest BCUT2D eigenvalue weighted by Gasteiger charge is -2.15. The van der Waals surface area contributed by atoms with Crippen molar-refractivity contribution in [2.45, 2.75) is 31.3 Å². The molecule has 0 radical (unpaired) electrons. The Morgan fingerprint density at radius 3 is 2.52 bits per heavy atom. The number of benzene rings is 1. The van der Waals surface area contributed by atoms with Crippen molar-refractivity contribution in [2.75, 3.05) is 6.54 Å². The summed E-state index contributed by atoms with van der Waals surface area (Å²) < 4.78 is 54.4. The van der Waals surface area contributed by atoms with Gasteiger partial charge in [0.25, 0.3) is 5.91 Å². The number of amides is 1. The second-order valence-electron chi connectivity index (χ2n) is 4.29. The van der Waals surface area contributed by atoms with Gasteiger partial charge in [-0.2, -0.15) is 4.39 Å². The van der Waals surface area contributed by atoms with Gasteiger partial charge in [-0.15, -0.1) is 0 Å². The van der Waals surface area contributed by atoms with Gasteiger partial charge in [0.05, 0.1) is 0 Å². The molecule has 21 heavy (non-hydrogen) atoms. The fourth-order valence-electron chi connectivity index (χ4n) is 1.46. The lowest BCUT2D eigenvalue weighted by molar-refractivity contribution is -0.127. The van der Waals surface area contributed by atoms with Crippen molar-refractivity contribution in [1.82, 2.24) is 5.32 Å². The predicted molar refractivity (Wildman–Crippen MR) is 71.1 cm³/mol. The van der Waals surface area contributed by atoms with Crippen LogP contribution in [0.2, 0.25) is 0 Å². The number of hydrogen-bond acceptors (Lipinski definition) is 4. The van der Waals surface area contributed by atoms with Crippen LogP contribution in [0.15, 0.2) is 17.0 Å². The molecular formula is C12H16F2N2O4S. The summed E-state index contributed by atoms with van der Waals surface area (Å²) in [6, 6.07) is 1.68. The van der Waals surface area contributed by atoms with Gasteiger partial charge in [-0.05, 0) is 25.5 Å². The van der Waals surface area contributed by atoms with Crippen molar-refractivity contribution < 1.29 is 26.7 Å². The molecule has 118 valence electrons. The van der Waals surface area contributed by atoms with E-state index in [0.717, 1.165) is 12.1 Å². The molecule has 0 heterocycles. The summed E-state index contributed by atoms with van der Waals surface area (Å²) in [5.74, 6) is -4.22. The normalized spacial score (nSPS) is 12.8. The summed E-state index contributed by atoms with van der Waals surface area (Å²) in [5.41, 5.74) is 0. The average Bonchev–Trinajstić information content (AvgIpc) is 2.39. The van der Waals surface area contributed by atoms with E-state index in [-0.39, 0.29) is 0 Å². The van der Waals surface area contributed by atoms with Gasteiger partial charge in [-0.1, -0.05) is 6.92 Å². The van der Waals surface area contributed by atoms with Crippen LogP contribution in [0.1, 0.15) is 20.3 Å². The first-order valence-electron chi connectivity index (χ1n) is 6.13. The number of rotatable bonds is 6. The molecule has 1 atom stereocenters. The molecule has 0 aliphatic heterocycles. The van der Waals surface area contributed by atoms with Crippen LogP contribution >= 0.6 is 0 Å². The highest BCUT2D eigenvalue weighted by Gasteiger charge is 2.23. The first kappa shape index (κ1) is 17.3. The molecule has 0 aliphatic rings. The van der Waals surface area contributed by atoms with Crippen molar-refractivity contribution in [2.24, 2.45) is 5.14 Å². The summed E-state index contributed by atoms with van der Waals surface area (Å²) in [4.78, 5) is 10.6. The van der Waals surface area contributed by atoms with Crippen LogP contribution in [0.5, 0.6) is 5.75 Å². The minimum absolute atomic E-state index is 0.424. The van der Waals surface area contributed by atoms with E-state index in [1.54, 1.807) is 0 Å². The molecule has 0 saturated carbocycles. The van der Waals surface area contributed by atoms with Crippen LogP contribution in [0.25, 0.3) is 0 Å². The topological polar surface area (TPSA) is 98.5 Å². The van der Waals surface area contributed by atoms with Gasteiger partial charge in [0.15, 0.2) is 17.7 Å². The fraction of sp³-hybridized carbons (Fsp3) is 0.417. The number of carbonyl (C=O) groups is 1. The second-order valence-corrected chi connectivity index (χ2v) is 5.82. The Hall–Kier alpha value is -1.74. The van der Waals surface area contributed by atoms with E-state index in [9.17, 15) is 22.0 Å². The van der Waals surface area contributed by atoms with Crippen molar-refractivity contribution in [1.29, 1.82) is 0 Å². The molecule has 1 unspecified atom stereocenters. The average molecular weight is 322 g/mol. The van der Waals surface area contributed by atoms with Crippen molar-refractivity contribution in [3.05, 3.63) is 23.8 Å². The molecule has 6 nitrogen and oxygen atoms in total. The van der Waals surface area contributed by atoms with E-state index in [2.05, 4.69) is 5.32 Å². The number of nitrogens with one attached hydrogen (secondary N) is 1. The zero-order chi connectivity index (χ0) is 16.2. The van der Waals surface area contributed by atoms with Crippen molar-refractivity contribution >= 4 is 15.9 Å². The first-order chi connectivity index (χ1) is 9.68. The monoisotopic (exact) mass is 322 g/mol. The highest BCUT2D eigenvalue weighted by atomic mass is 32.2. The SMILES string of the molecule is CCCNC(=O)C(C)Oc1ccc(S(N)(=O)=O)c(F)c1F. The molecule has 3 N–H and O–H groups in total. The molecular weight excluding hydrogens is 306 g/mol. The van der Waals surface area contributed by atoms with E-state index in [4.69, 9.17) is 9.88 Å². The Kier molecular flexibility index (Phi) is 5.62. The van der Waals surface area contributed by atoms with Gasteiger partial charge in [0, 0.05) is 6.54 Å². The Balaban J connectivity index is 2.96. The highest BCUT2D eigenvalue weighted by Crippen LogP contribution is 2.25. The maximum atomic E-state index is 13.7. The Morgan fingerprint density at radius 2 is 2.00 bits per heavy atom. The molecule has 1 aromatic carbocycles. The largest absolute Gasteiger partial charge is 0.478 e. The number of halogens is 2. The second kappa shape index (κ2) is 6.81. The van der Waals surface area contributed by atoms with Crippen LogP contribution in [0.3, 0.4) is 0 Å². The third-order valence-corrected chi connectivity index (χ3v) is 3.47. The van der Waals surface area contributed by atoms with E-state index >= 15 is 0 Å². The number of ether oxygens (including phenoxy) is 1. The summed E-state index contributed by atoms with van der Waals surface area (Å²) in [5, 5.41) is 7.27. The van der Waals surface area contributed by atoms with Gasteiger partial charge in [-0.25, -0.2) is 17.9 Å². The van der Waals surface area contributed by atoms with E-state index in [0.29, 0.717) is 13.0 Å². The van der Waals surface area contributed by atoms with E-state index < -0.39 is 44.3 Å². The zero-order valence-corrected chi connectivity index (χ0v) is 12.3. The third-order valence-electron chi connectivity index (χ3n) is 2.54. The predicted octanol–water partition coefficient (Wildman–Crippen LogP) is 0.906. The van der Waals surface area contributed by atoms with Gasteiger partial charge < -0.3 is 10.1 Å². The third kappa shape index (κ3) is 4.36. The molecule has 1 rings (SSSR count). The smallest absolute Gasteiger partial charge is 0.260 e. The van der Waals surface area contributed by atoms with Crippen LogP contribution in [-0.2, 0) is 14.8 Å². The number of sulfonamides is 1. The van der Waals surface area contributed by atoms with Crippen LogP contribution < -0.4 is 15.2 Å². The summed E-state index contributed by atoms with van der Waals surface area (Å²) in [6.45, 7) is 3.64. The molecule has 1 amide bonds. The number of nitrogens with two attached hydrogens (primary N) is 1. The summed E-state index contributed by atoms with van der Waals surface area (Å²) in [6.07, 6.45) is -0.351. The fourth-order valence-corrected chi connectivity index (χ4v) is 2.06. The molecule has 0 aromatic heterocycles. The molecule has 0 bridgehead atoms. The molecule has 0 aliphatic carbocycles. The quantitative estimate of drug-likeness (QED) is 0.813. The van der Waals surface area contributed by atoms with Gasteiger partial charge in [0.1, 0.15) is 4.90 Å². The molecule has 0 fully saturated rings. The minimum Gasteiger partial charge on any atom is -0.478 e. The number of carbonyl (C=O) groups excluding carboxylic acids is 1. The molecule has 9 heteroatoms. The minimum atomic E-state index is -4.38. The van der Waals surface area contributed by atoms with Crippen molar-refractivity contribution in [3.63, 3.8) is 0 Å². The van der Waals surface area contributed by atoms with Crippen LogP contribution in [0.4, 0.5) is 8.78 Å². The Labute approximate surface area is 121 Å². The van der Waals surface area contributed by atoms with E-state index in [1.165, 1.54) is 6.92 Å². The standard InChI is InChI=1S/C12H16F2N2O4S/c1-3-6-16-12(17)7(2)20-8-4-5-9(21(15,18)19)11(14)10(8)13/h4-5,7H,3,6H2,1-2H3,(H,16,17)(H2,15,18,19). The highest BCUT2D eigenvalue weighted by molar-refractivity contribution is 7.89. The number of primary sulfonamides is 1. The van der Waals surface area contributed by atoms with Crippen molar-refractivity contribution in [3.8, 4) is 5.75 Å². The lowest BCUT2D eigenvalue weighted by atomic mass is 10.3.